The first-order valence-electron chi connectivity index (χ1n) is 9.03. The Hall–Kier alpha value is -3.36. The average Bonchev–Trinajstić information content (AvgIpc) is 3.00. The van der Waals surface area contributed by atoms with Gasteiger partial charge in [-0.15, -0.1) is 0 Å². The molecule has 1 amide bonds. The van der Waals surface area contributed by atoms with Crippen LogP contribution in [0.25, 0.3) is 5.69 Å². The number of aromatic nitrogens is 1. The van der Waals surface area contributed by atoms with Crippen molar-refractivity contribution in [3.8, 4) is 11.4 Å². The molecule has 0 spiro atoms. The van der Waals surface area contributed by atoms with Crippen LogP contribution >= 0.6 is 23.2 Å². The van der Waals surface area contributed by atoms with Crippen LogP contribution in [-0.2, 0) is 0 Å². The number of benzene rings is 2. The molecule has 160 valence electrons. The lowest BCUT2D eigenvalue weighted by atomic mass is 10.2. The lowest BCUT2D eigenvalue weighted by molar-refractivity contribution is -0.384. The van der Waals surface area contributed by atoms with Gasteiger partial charge in [0.15, 0.2) is 0 Å². The Morgan fingerprint density at radius 2 is 1.94 bits per heavy atom. The molecule has 0 fully saturated rings. The molecule has 0 saturated heterocycles. The number of carbonyl (C=O) groups is 1. The highest BCUT2D eigenvalue weighted by Crippen LogP contribution is 2.31. The van der Waals surface area contributed by atoms with Crippen LogP contribution in [-0.4, -0.2) is 28.7 Å². The minimum atomic E-state index is -0.477. The predicted molar refractivity (Wildman–Crippen MR) is 120 cm³/mol. The Labute approximate surface area is 188 Å². The van der Waals surface area contributed by atoms with Crippen LogP contribution in [0.5, 0.6) is 5.75 Å². The largest absolute Gasteiger partial charge is 0.494 e. The maximum atomic E-state index is 12.3. The van der Waals surface area contributed by atoms with Crippen molar-refractivity contribution in [3.05, 3.63) is 85.1 Å². The molecule has 0 aliphatic rings. The summed E-state index contributed by atoms with van der Waals surface area (Å²) in [7, 11) is 1.45. The molecule has 1 heterocycles. The van der Waals surface area contributed by atoms with E-state index in [4.69, 9.17) is 27.9 Å². The number of aryl methyl sites for hydroxylation is 1. The van der Waals surface area contributed by atoms with E-state index in [0.29, 0.717) is 16.5 Å². The molecule has 1 aromatic heterocycles. The number of carbonyl (C=O) groups excluding carboxylic acids is 1. The quantitative estimate of drug-likeness (QED) is 0.314. The van der Waals surface area contributed by atoms with Gasteiger partial charge in [0.25, 0.3) is 11.6 Å². The minimum Gasteiger partial charge on any atom is -0.494 e. The molecule has 8 nitrogen and oxygen atoms in total. The molecule has 2 aromatic carbocycles. The summed E-state index contributed by atoms with van der Waals surface area (Å²) in [6, 6.07) is 10.9. The molecule has 0 aliphatic heterocycles. The second-order valence-electron chi connectivity index (χ2n) is 6.60. The van der Waals surface area contributed by atoms with Crippen molar-refractivity contribution in [2.24, 2.45) is 5.10 Å². The van der Waals surface area contributed by atoms with Gasteiger partial charge in [0.1, 0.15) is 5.75 Å². The van der Waals surface area contributed by atoms with E-state index in [1.165, 1.54) is 37.6 Å². The zero-order valence-corrected chi connectivity index (χ0v) is 18.4. The van der Waals surface area contributed by atoms with Gasteiger partial charge in [-0.25, -0.2) is 5.43 Å². The maximum Gasteiger partial charge on any atom is 0.273 e. The molecule has 0 bridgehead atoms. The minimum absolute atomic E-state index is 0.0616. The van der Waals surface area contributed by atoms with E-state index in [9.17, 15) is 14.9 Å². The number of hydrogen-bond acceptors (Lipinski definition) is 5. The molecule has 1 N–H and O–H groups in total. The van der Waals surface area contributed by atoms with Crippen LogP contribution in [0, 0.1) is 24.0 Å². The van der Waals surface area contributed by atoms with E-state index in [2.05, 4.69) is 10.5 Å². The van der Waals surface area contributed by atoms with Gasteiger partial charge in [0.05, 0.1) is 40.6 Å². The lowest BCUT2D eigenvalue weighted by Gasteiger charge is -2.13. The summed E-state index contributed by atoms with van der Waals surface area (Å²) in [6.45, 7) is 3.75. The molecule has 0 aliphatic carbocycles. The first-order valence-corrected chi connectivity index (χ1v) is 9.78. The van der Waals surface area contributed by atoms with Gasteiger partial charge in [-0.3, -0.25) is 14.9 Å². The van der Waals surface area contributed by atoms with E-state index < -0.39 is 10.8 Å². The summed E-state index contributed by atoms with van der Waals surface area (Å²) in [5.41, 5.74) is 5.71. The van der Waals surface area contributed by atoms with Crippen molar-refractivity contribution in [2.75, 3.05) is 7.11 Å². The fourth-order valence-electron chi connectivity index (χ4n) is 3.15. The van der Waals surface area contributed by atoms with Crippen molar-refractivity contribution in [1.82, 2.24) is 9.99 Å². The van der Waals surface area contributed by atoms with E-state index in [-0.39, 0.29) is 16.3 Å². The number of methoxy groups -OCH3 is 1. The molecular formula is C21H18Cl2N4O4. The number of nitro benzene ring substituents is 1. The summed E-state index contributed by atoms with van der Waals surface area (Å²) in [6.07, 6.45) is 1.51. The van der Waals surface area contributed by atoms with Crippen LogP contribution in [0.15, 0.2) is 47.6 Å². The van der Waals surface area contributed by atoms with Crippen LogP contribution in [0.2, 0.25) is 10.0 Å². The van der Waals surface area contributed by atoms with E-state index in [1.54, 1.807) is 12.1 Å². The first kappa shape index (κ1) is 22.3. The standard InChI is InChI=1S/C21H18Cl2N4O4/c1-12-8-14(11-24-25-21(28)17-6-4-15(22)9-18(17)23)13(2)26(12)19-7-5-16(27(29)30)10-20(19)31-3/h4-11H,1-3H3,(H,25,28)/b24-11-. The number of nitro groups is 1. The fraction of sp³-hybridized carbons (Fsp3) is 0.143. The summed E-state index contributed by atoms with van der Waals surface area (Å²) >= 11 is 11.9. The van der Waals surface area contributed by atoms with Gasteiger partial charge in [0.2, 0.25) is 0 Å². The molecule has 0 atom stereocenters. The lowest BCUT2D eigenvalue weighted by Crippen LogP contribution is -2.18. The number of rotatable bonds is 6. The smallest absolute Gasteiger partial charge is 0.273 e. The number of hydrogen-bond donors (Lipinski definition) is 1. The second-order valence-corrected chi connectivity index (χ2v) is 7.44. The first-order chi connectivity index (χ1) is 14.7. The van der Waals surface area contributed by atoms with Gasteiger partial charge in [0, 0.05) is 28.0 Å². The Kier molecular flexibility index (Phi) is 6.62. The molecular weight excluding hydrogens is 443 g/mol. The molecule has 0 radical (unpaired) electrons. The van der Waals surface area contributed by atoms with Crippen molar-refractivity contribution in [1.29, 1.82) is 0 Å². The van der Waals surface area contributed by atoms with Crippen LogP contribution in [0.1, 0.15) is 27.3 Å². The predicted octanol–water partition coefficient (Wildman–Crippen LogP) is 5.08. The zero-order valence-electron chi connectivity index (χ0n) is 16.8. The van der Waals surface area contributed by atoms with Gasteiger partial charge in [-0.05, 0) is 44.2 Å². The van der Waals surface area contributed by atoms with Crippen molar-refractivity contribution in [3.63, 3.8) is 0 Å². The molecule has 0 unspecified atom stereocenters. The normalized spacial score (nSPS) is 11.0. The van der Waals surface area contributed by atoms with Gasteiger partial charge < -0.3 is 9.30 Å². The number of nitrogens with zero attached hydrogens (tertiary/aromatic N) is 3. The molecule has 3 aromatic rings. The number of amides is 1. The van der Waals surface area contributed by atoms with Crippen LogP contribution < -0.4 is 10.2 Å². The second kappa shape index (κ2) is 9.20. The SMILES string of the molecule is COc1cc([N+](=O)[O-])ccc1-n1c(C)cc(/C=N\NC(=O)c2ccc(Cl)cc2Cl)c1C. The highest BCUT2D eigenvalue weighted by atomic mass is 35.5. The Bertz CT molecular complexity index is 1200. The van der Waals surface area contributed by atoms with E-state index >= 15 is 0 Å². The highest BCUT2D eigenvalue weighted by molar-refractivity contribution is 6.36. The maximum absolute atomic E-state index is 12.3. The Morgan fingerprint density at radius 3 is 2.58 bits per heavy atom. The number of nitrogens with one attached hydrogen (secondary N) is 1. The van der Waals surface area contributed by atoms with Crippen molar-refractivity contribution in [2.45, 2.75) is 13.8 Å². The van der Waals surface area contributed by atoms with E-state index in [1.807, 2.05) is 24.5 Å². The highest BCUT2D eigenvalue weighted by Gasteiger charge is 2.17. The summed E-state index contributed by atoms with van der Waals surface area (Å²) in [5, 5.41) is 15.7. The third-order valence-electron chi connectivity index (χ3n) is 4.63. The monoisotopic (exact) mass is 460 g/mol. The zero-order chi connectivity index (χ0) is 22.7. The van der Waals surface area contributed by atoms with E-state index in [0.717, 1.165) is 17.0 Å². The van der Waals surface area contributed by atoms with Crippen molar-refractivity contribution >= 4 is 41.0 Å². The number of hydrazone groups is 1. The summed E-state index contributed by atoms with van der Waals surface area (Å²) < 4.78 is 7.24. The topological polar surface area (TPSA) is 98.8 Å². The third-order valence-corrected chi connectivity index (χ3v) is 5.18. The van der Waals surface area contributed by atoms with Crippen LogP contribution in [0.3, 0.4) is 0 Å². The fourth-order valence-corrected chi connectivity index (χ4v) is 3.64. The molecule has 31 heavy (non-hydrogen) atoms. The Morgan fingerprint density at radius 1 is 1.19 bits per heavy atom. The van der Waals surface area contributed by atoms with Gasteiger partial charge in [-0.2, -0.15) is 5.10 Å². The van der Waals surface area contributed by atoms with Gasteiger partial charge >= 0.3 is 0 Å². The number of ether oxygens (including phenoxy) is 1. The number of halogens is 2. The van der Waals surface area contributed by atoms with Crippen LogP contribution in [0.4, 0.5) is 5.69 Å². The molecule has 0 saturated carbocycles. The van der Waals surface area contributed by atoms with Crippen molar-refractivity contribution < 1.29 is 14.5 Å². The summed E-state index contributed by atoms with van der Waals surface area (Å²) in [4.78, 5) is 22.9. The molecule has 3 rings (SSSR count). The number of non-ortho nitro benzene ring substituents is 1. The van der Waals surface area contributed by atoms with Gasteiger partial charge in [-0.1, -0.05) is 23.2 Å². The summed E-state index contributed by atoms with van der Waals surface area (Å²) in [5.74, 6) is -0.103. The third kappa shape index (κ3) is 4.70. The average molecular weight is 461 g/mol. The Balaban J connectivity index is 1.86. The molecule has 10 heteroatoms.